The van der Waals surface area contributed by atoms with Crippen LogP contribution in [-0.2, 0) is 14.3 Å². The molecule has 0 aromatic heterocycles. The van der Waals surface area contributed by atoms with Crippen LogP contribution in [0.2, 0.25) is 0 Å². The lowest BCUT2D eigenvalue weighted by atomic mass is 9.80. The number of carbonyl (C=O) groups excluding carboxylic acids is 2. The van der Waals surface area contributed by atoms with Crippen molar-refractivity contribution in [3.8, 4) is 5.75 Å². The Kier molecular flexibility index (Phi) is 5.72. The number of allylic oxidation sites excluding steroid dienone is 1. The second-order valence-corrected chi connectivity index (χ2v) is 8.22. The highest BCUT2D eigenvalue weighted by atomic mass is 79.9. The van der Waals surface area contributed by atoms with Gasteiger partial charge in [0.2, 0.25) is 11.5 Å². The van der Waals surface area contributed by atoms with Crippen molar-refractivity contribution in [2.24, 2.45) is 5.92 Å². The third-order valence-electron chi connectivity index (χ3n) is 5.26. The molecule has 2 aromatic rings. The second-order valence-electron chi connectivity index (χ2n) is 7.37. The largest absolute Gasteiger partial charge is 0.493 e. The van der Waals surface area contributed by atoms with Crippen LogP contribution in [0.3, 0.4) is 0 Å². The van der Waals surface area contributed by atoms with Crippen molar-refractivity contribution in [3.63, 3.8) is 0 Å². The molecular weight excluding hydrogens is 436 g/mol. The third-order valence-corrected chi connectivity index (χ3v) is 5.95. The lowest BCUT2D eigenvalue weighted by molar-refractivity contribution is -0.132. The zero-order valence-electron chi connectivity index (χ0n) is 16.0. The molecule has 5 nitrogen and oxygen atoms in total. The van der Waals surface area contributed by atoms with Crippen LogP contribution < -0.4 is 4.74 Å². The van der Waals surface area contributed by atoms with E-state index in [1.54, 1.807) is 18.2 Å². The van der Waals surface area contributed by atoms with E-state index in [1.807, 2.05) is 37.3 Å². The minimum absolute atomic E-state index is 0.0571. The molecule has 6 heteroatoms. The number of aryl methyl sites for hydroxylation is 1. The molecule has 2 aromatic carbocycles. The van der Waals surface area contributed by atoms with E-state index in [1.165, 1.54) is 6.26 Å². The van der Waals surface area contributed by atoms with Gasteiger partial charge in [-0.3, -0.25) is 4.79 Å². The number of esters is 1. The van der Waals surface area contributed by atoms with Crippen LogP contribution in [0.5, 0.6) is 5.75 Å². The minimum Gasteiger partial charge on any atom is -0.493 e. The highest BCUT2D eigenvalue weighted by Crippen LogP contribution is 2.35. The lowest BCUT2D eigenvalue weighted by Gasteiger charge is -2.36. The molecule has 1 saturated carbocycles. The van der Waals surface area contributed by atoms with Crippen molar-refractivity contribution < 1.29 is 23.8 Å². The molecule has 4 rings (SSSR count). The number of hydrogen-bond acceptors (Lipinski definition) is 5. The number of halogens is 1. The van der Waals surface area contributed by atoms with E-state index in [0.717, 1.165) is 5.56 Å². The minimum atomic E-state index is -0.373. The van der Waals surface area contributed by atoms with Crippen molar-refractivity contribution >= 4 is 27.7 Å². The molecule has 1 fully saturated rings. The fourth-order valence-corrected chi connectivity index (χ4v) is 4.21. The number of ether oxygens (including phenoxy) is 3. The predicted molar refractivity (Wildman–Crippen MR) is 110 cm³/mol. The molecule has 0 amide bonds. The Morgan fingerprint density at radius 3 is 2.76 bits per heavy atom. The molecule has 1 heterocycles. The molecule has 0 bridgehead atoms. The van der Waals surface area contributed by atoms with E-state index in [4.69, 9.17) is 14.2 Å². The summed E-state index contributed by atoms with van der Waals surface area (Å²) < 4.78 is 17.9. The van der Waals surface area contributed by atoms with Gasteiger partial charge < -0.3 is 14.2 Å². The van der Waals surface area contributed by atoms with Gasteiger partial charge in [-0.15, -0.1) is 0 Å². The van der Waals surface area contributed by atoms with Gasteiger partial charge in [-0.1, -0.05) is 24.3 Å². The van der Waals surface area contributed by atoms with E-state index in [2.05, 4.69) is 15.9 Å². The maximum Gasteiger partial charge on any atom is 0.339 e. The maximum atomic E-state index is 12.9. The Hall–Kier alpha value is -2.60. The monoisotopic (exact) mass is 456 g/mol. The first-order chi connectivity index (χ1) is 14.0. The molecule has 0 radical (unpaired) electrons. The number of benzene rings is 2. The van der Waals surface area contributed by atoms with Crippen LogP contribution in [0.15, 0.2) is 65.0 Å². The van der Waals surface area contributed by atoms with Crippen molar-refractivity contribution in [2.75, 3.05) is 0 Å². The Labute approximate surface area is 177 Å². The summed E-state index contributed by atoms with van der Waals surface area (Å²) in [6, 6.07) is 14.7. The molecule has 3 atom stereocenters. The zero-order chi connectivity index (χ0) is 20.4. The highest BCUT2D eigenvalue weighted by Gasteiger charge is 2.42. The summed E-state index contributed by atoms with van der Waals surface area (Å²) in [6.45, 7) is 1.97. The van der Waals surface area contributed by atoms with Crippen LogP contribution in [0.4, 0.5) is 0 Å². The smallest absolute Gasteiger partial charge is 0.339 e. The van der Waals surface area contributed by atoms with Gasteiger partial charge in [0, 0.05) is 10.9 Å². The molecule has 29 heavy (non-hydrogen) atoms. The SMILES string of the molecule is Cc1cccc(OC2=COC3CC(OC(=O)c4ccccc4Br)CCC3C2=O)c1. The van der Waals surface area contributed by atoms with Gasteiger partial charge in [0.15, 0.2) is 0 Å². The molecule has 150 valence electrons. The Morgan fingerprint density at radius 2 is 1.97 bits per heavy atom. The van der Waals surface area contributed by atoms with Crippen LogP contribution >= 0.6 is 15.9 Å². The quantitative estimate of drug-likeness (QED) is 0.607. The van der Waals surface area contributed by atoms with Gasteiger partial charge in [-0.25, -0.2) is 4.79 Å². The predicted octanol–water partition coefficient (Wildman–Crippen LogP) is 4.97. The molecule has 2 aliphatic rings. The first-order valence-electron chi connectivity index (χ1n) is 9.61. The summed E-state index contributed by atoms with van der Waals surface area (Å²) in [5, 5.41) is 0. The van der Waals surface area contributed by atoms with Crippen molar-refractivity contribution in [2.45, 2.75) is 38.4 Å². The third kappa shape index (κ3) is 4.37. The van der Waals surface area contributed by atoms with E-state index < -0.39 is 0 Å². The van der Waals surface area contributed by atoms with Crippen LogP contribution in [0, 0.1) is 12.8 Å². The fraction of sp³-hybridized carbons (Fsp3) is 0.304. The zero-order valence-corrected chi connectivity index (χ0v) is 17.6. The van der Waals surface area contributed by atoms with Gasteiger partial charge >= 0.3 is 5.97 Å². The van der Waals surface area contributed by atoms with Crippen molar-refractivity contribution in [3.05, 3.63) is 76.2 Å². The summed E-state index contributed by atoms with van der Waals surface area (Å²) in [4.78, 5) is 25.3. The number of rotatable bonds is 4. The fourth-order valence-electron chi connectivity index (χ4n) is 3.76. The van der Waals surface area contributed by atoms with Gasteiger partial charge in [0.25, 0.3) is 0 Å². The molecule has 0 N–H and O–H groups in total. The van der Waals surface area contributed by atoms with E-state index in [9.17, 15) is 9.59 Å². The van der Waals surface area contributed by atoms with E-state index >= 15 is 0 Å². The molecule has 0 saturated heterocycles. The first kappa shape index (κ1) is 19.7. The normalized spacial score (nSPS) is 23.4. The first-order valence-corrected chi connectivity index (χ1v) is 10.4. The van der Waals surface area contributed by atoms with Gasteiger partial charge in [0.05, 0.1) is 11.5 Å². The topological polar surface area (TPSA) is 61.8 Å². The molecule has 1 aliphatic carbocycles. The molecule has 0 spiro atoms. The average Bonchev–Trinajstić information content (AvgIpc) is 2.70. The summed E-state index contributed by atoms with van der Waals surface area (Å²) in [5.74, 6) is 0.127. The Balaban J connectivity index is 1.40. The number of fused-ring (bicyclic) bond motifs is 1. The highest BCUT2D eigenvalue weighted by molar-refractivity contribution is 9.10. The molecular formula is C23H21BrO5. The van der Waals surface area contributed by atoms with Crippen LogP contribution in [0.25, 0.3) is 0 Å². The van der Waals surface area contributed by atoms with Crippen LogP contribution in [0.1, 0.15) is 35.2 Å². The van der Waals surface area contributed by atoms with Gasteiger partial charge in [-0.05, 0) is 65.5 Å². The Morgan fingerprint density at radius 1 is 1.14 bits per heavy atom. The van der Waals surface area contributed by atoms with E-state index in [0.29, 0.717) is 35.0 Å². The van der Waals surface area contributed by atoms with Crippen LogP contribution in [-0.4, -0.2) is 24.0 Å². The van der Waals surface area contributed by atoms with E-state index in [-0.39, 0.29) is 35.6 Å². The summed E-state index contributed by atoms with van der Waals surface area (Å²) in [6.07, 6.45) is 2.50. The van der Waals surface area contributed by atoms with Gasteiger partial charge in [-0.2, -0.15) is 0 Å². The van der Waals surface area contributed by atoms with Crippen molar-refractivity contribution in [1.29, 1.82) is 0 Å². The summed E-state index contributed by atoms with van der Waals surface area (Å²) >= 11 is 3.37. The Bertz CT molecular complexity index is 967. The number of Topliss-reactive ketones (excluding diaryl/α,β-unsaturated/α-hetero) is 1. The maximum absolute atomic E-state index is 12.9. The average molecular weight is 457 g/mol. The summed E-state index contributed by atoms with van der Waals surface area (Å²) in [7, 11) is 0. The van der Waals surface area contributed by atoms with Gasteiger partial charge in [0.1, 0.15) is 24.2 Å². The second kappa shape index (κ2) is 8.41. The molecule has 1 aliphatic heterocycles. The van der Waals surface area contributed by atoms with Crippen molar-refractivity contribution in [1.82, 2.24) is 0 Å². The molecule has 3 unspecified atom stereocenters. The number of carbonyl (C=O) groups is 2. The summed E-state index contributed by atoms with van der Waals surface area (Å²) in [5.41, 5.74) is 1.54. The number of hydrogen-bond donors (Lipinski definition) is 0. The number of ketones is 1. The lowest BCUT2D eigenvalue weighted by Crippen LogP contribution is -2.43. The standard InChI is InChI=1S/C23H21BrO5/c1-14-5-4-6-15(11-14)28-21-13-27-20-12-16(9-10-18(20)22(21)25)29-23(26)17-7-2-3-8-19(17)24/h2-8,11,13,16,18,20H,9-10,12H2,1H3.